The largest absolute Gasteiger partial charge is 0.468 e. The van der Waals surface area contributed by atoms with Gasteiger partial charge < -0.3 is 14.2 Å². The fraction of sp³-hybridized carbons (Fsp3) is 0.385. The summed E-state index contributed by atoms with van der Waals surface area (Å²) >= 11 is 0. The molecule has 3 rings (SSSR count). The van der Waals surface area contributed by atoms with E-state index in [0.29, 0.717) is 18.4 Å². The third-order valence-electron chi connectivity index (χ3n) is 3.33. The molecule has 0 saturated heterocycles. The summed E-state index contributed by atoms with van der Waals surface area (Å²) < 4.78 is 11.2. The number of rotatable bonds is 4. The van der Waals surface area contributed by atoms with Gasteiger partial charge in [-0.05, 0) is 43.0 Å². The van der Waals surface area contributed by atoms with Gasteiger partial charge >= 0.3 is 7.48 Å². The molecule has 0 unspecified atom stereocenters. The van der Waals surface area contributed by atoms with Crippen molar-refractivity contribution in [1.29, 1.82) is 0 Å². The second-order valence-electron chi connectivity index (χ2n) is 4.61. The lowest BCUT2D eigenvalue weighted by Crippen LogP contribution is -2.21. The zero-order valence-corrected chi connectivity index (χ0v) is 9.69. The molecule has 2 aromatic rings. The Morgan fingerprint density at radius 3 is 2.94 bits per heavy atom. The molecule has 0 aliphatic heterocycles. The van der Waals surface area contributed by atoms with Crippen molar-refractivity contribution >= 4 is 24.1 Å². The molecule has 1 saturated carbocycles. The lowest BCUT2D eigenvalue weighted by Gasteiger charge is -2.25. The van der Waals surface area contributed by atoms with E-state index in [1.807, 2.05) is 18.2 Å². The third-order valence-corrected chi connectivity index (χ3v) is 3.33. The van der Waals surface area contributed by atoms with Gasteiger partial charge in [-0.1, -0.05) is 6.07 Å². The van der Waals surface area contributed by atoms with Crippen LogP contribution in [0.5, 0.6) is 0 Å². The van der Waals surface area contributed by atoms with Gasteiger partial charge in [0.15, 0.2) is 0 Å². The zero-order valence-electron chi connectivity index (χ0n) is 9.69. The summed E-state index contributed by atoms with van der Waals surface area (Å²) in [6.07, 6.45) is 4.15. The zero-order chi connectivity index (χ0) is 11.7. The molecule has 1 fully saturated rings. The topological polar surface area (TPSA) is 42.6 Å². The number of ether oxygens (including phenoxy) is 1. The first-order valence-electron chi connectivity index (χ1n) is 6.09. The van der Waals surface area contributed by atoms with Gasteiger partial charge in [-0.3, -0.25) is 0 Å². The van der Waals surface area contributed by atoms with Crippen LogP contribution in [0.3, 0.4) is 0 Å². The Bertz CT molecular complexity index is 516. The second kappa shape index (κ2) is 4.55. The number of hydrogen-bond donors (Lipinski definition) is 1. The van der Waals surface area contributed by atoms with E-state index in [0.717, 1.165) is 16.5 Å². The molecule has 1 N–H and O–H groups in total. The Morgan fingerprint density at radius 1 is 1.35 bits per heavy atom. The molecule has 0 bridgehead atoms. The summed E-state index contributed by atoms with van der Waals surface area (Å²) in [7, 11) is -0.0530. The molecule has 0 amide bonds. The summed E-state index contributed by atoms with van der Waals surface area (Å²) in [4.78, 5) is 0. The lowest BCUT2D eigenvalue weighted by molar-refractivity contribution is -0.00862. The molecule has 1 aliphatic carbocycles. The number of fused-ring (bicyclic) bond motifs is 1. The van der Waals surface area contributed by atoms with Gasteiger partial charge in [0.2, 0.25) is 0 Å². The first kappa shape index (κ1) is 10.9. The highest BCUT2D eigenvalue weighted by Crippen LogP contribution is 2.24. The summed E-state index contributed by atoms with van der Waals surface area (Å²) in [6.45, 7) is 0.667. The quantitative estimate of drug-likeness (QED) is 0.808. The van der Waals surface area contributed by atoms with Crippen molar-refractivity contribution in [3.63, 3.8) is 0 Å². The van der Waals surface area contributed by atoms with E-state index >= 15 is 0 Å². The van der Waals surface area contributed by atoms with Gasteiger partial charge in [-0.15, -0.1) is 0 Å². The molecular formula is C13H15BO3. The van der Waals surface area contributed by atoms with E-state index in [2.05, 4.69) is 6.07 Å². The van der Waals surface area contributed by atoms with Crippen LogP contribution in [0.25, 0.3) is 11.0 Å². The molecule has 0 atom stereocenters. The molecule has 1 aromatic heterocycles. The number of furan rings is 1. The Kier molecular flexibility index (Phi) is 2.91. The van der Waals surface area contributed by atoms with Crippen LogP contribution >= 0.6 is 0 Å². The summed E-state index contributed by atoms with van der Waals surface area (Å²) in [5.74, 6) is 0. The van der Waals surface area contributed by atoms with E-state index in [9.17, 15) is 0 Å². The van der Waals surface area contributed by atoms with Crippen LogP contribution in [0.2, 0.25) is 0 Å². The smallest absolute Gasteiger partial charge is 0.347 e. The predicted molar refractivity (Wildman–Crippen MR) is 67.6 cm³/mol. The van der Waals surface area contributed by atoms with Crippen molar-refractivity contribution in [2.75, 3.05) is 0 Å². The molecule has 1 aliphatic rings. The fourth-order valence-electron chi connectivity index (χ4n) is 2.07. The standard InChI is InChI=1S/C13H15BO3/c15-14-13-7-10-6-9(4-5-12(10)17-13)8-16-11-2-1-3-11/h4-7,11,14-15H,1-3,8H2. The first-order chi connectivity index (χ1) is 8.35. The van der Waals surface area contributed by atoms with Crippen molar-refractivity contribution in [2.24, 2.45) is 0 Å². The Labute approximate surface area is 101 Å². The molecule has 0 radical (unpaired) electrons. The Balaban J connectivity index is 1.75. The Morgan fingerprint density at radius 2 is 2.24 bits per heavy atom. The molecule has 1 aromatic carbocycles. The van der Waals surface area contributed by atoms with Gasteiger partial charge in [0, 0.05) is 5.39 Å². The molecule has 88 valence electrons. The van der Waals surface area contributed by atoms with E-state index < -0.39 is 0 Å². The van der Waals surface area contributed by atoms with Crippen LogP contribution in [0.15, 0.2) is 28.7 Å². The van der Waals surface area contributed by atoms with Crippen LogP contribution in [0.4, 0.5) is 0 Å². The van der Waals surface area contributed by atoms with Crippen LogP contribution in [-0.2, 0) is 11.3 Å². The third kappa shape index (κ3) is 2.23. The van der Waals surface area contributed by atoms with E-state index in [1.54, 1.807) is 0 Å². The van der Waals surface area contributed by atoms with Crippen LogP contribution < -0.4 is 5.66 Å². The predicted octanol–water partition coefficient (Wildman–Crippen LogP) is 1.47. The Hall–Kier alpha value is -1.26. The SMILES string of the molecule is OBc1cc2cc(COC3CCC3)ccc2o1. The first-order valence-corrected chi connectivity index (χ1v) is 6.09. The molecule has 4 heteroatoms. The van der Waals surface area contributed by atoms with Crippen LogP contribution in [0, 0.1) is 0 Å². The highest BCUT2D eigenvalue weighted by molar-refractivity contribution is 6.44. The van der Waals surface area contributed by atoms with Crippen molar-refractivity contribution in [3.05, 3.63) is 29.8 Å². The van der Waals surface area contributed by atoms with Crippen molar-refractivity contribution in [2.45, 2.75) is 32.0 Å². The molecule has 1 heterocycles. The highest BCUT2D eigenvalue weighted by atomic mass is 16.5. The van der Waals surface area contributed by atoms with Gasteiger partial charge in [0.25, 0.3) is 0 Å². The average molecular weight is 230 g/mol. The fourth-order valence-corrected chi connectivity index (χ4v) is 2.07. The van der Waals surface area contributed by atoms with Crippen molar-refractivity contribution < 1.29 is 14.2 Å². The normalized spacial score (nSPS) is 16.1. The maximum atomic E-state index is 9.01. The van der Waals surface area contributed by atoms with Gasteiger partial charge in [0.05, 0.1) is 18.4 Å². The molecule has 17 heavy (non-hydrogen) atoms. The van der Waals surface area contributed by atoms with Crippen LogP contribution in [-0.4, -0.2) is 18.6 Å². The van der Waals surface area contributed by atoms with E-state index in [-0.39, 0.29) is 7.48 Å². The van der Waals surface area contributed by atoms with E-state index in [1.165, 1.54) is 19.3 Å². The maximum absolute atomic E-state index is 9.01. The average Bonchev–Trinajstić information content (AvgIpc) is 2.69. The lowest BCUT2D eigenvalue weighted by atomic mass is 9.96. The van der Waals surface area contributed by atoms with Gasteiger partial charge in [-0.2, -0.15) is 0 Å². The molecule has 3 nitrogen and oxygen atoms in total. The van der Waals surface area contributed by atoms with Crippen molar-refractivity contribution in [3.8, 4) is 0 Å². The van der Waals surface area contributed by atoms with Gasteiger partial charge in [0.1, 0.15) is 5.58 Å². The second-order valence-corrected chi connectivity index (χ2v) is 4.61. The van der Waals surface area contributed by atoms with Crippen molar-refractivity contribution in [1.82, 2.24) is 0 Å². The minimum atomic E-state index is -0.0530. The van der Waals surface area contributed by atoms with E-state index in [4.69, 9.17) is 14.2 Å². The monoisotopic (exact) mass is 230 g/mol. The molecular weight excluding hydrogens is 215 g/mol. The summed E-state index contributed by atoms with van der Waals surface area (Å²) in [5.41, 5.74) is 2.59. The number of benzene rings is 1. The number of hydrogen-bond acceptors (Lipinski definition) is 3. The maximum Gasteiger partial charge on any atom is 0.347 e. The minimum Gasteiger partial charge on any atom is -0.468 e. The molecule has 0 spiro atoms. The minimum absolute atomic E-state index is 0.0530. The van der Waals surface area contributed by atoms with Crippen LogP contribution in [0.1, 0.15) is 24.8 Å². The summed E-state index contributed by atoms with van der Waals surface area (Å²) in [5, 5.41) is 10.0. The highest BCUT2D eigenvalue weighted by Gasteiger charge is 2.17. The van der Waals surface area contributed by atoms with Gasteiger partial charge in [-0.25, -0.2) is 0 Å². The summed E-state index contributed by atoms with van der Waals surface area (Å²) in [6, 6.07) is 7.90.